The van der Waals surface area contributed by atoms with Crippen LogP contribution < -0.4 is 14.8 Å². The maximum Gasteiger partial charge on any atom is 0.322 e. The monoisotopic (exact) mass is 295 g/mol. The molecule has 7 nitrogen and oxygen atoms in total. The number of hydrogen-bond acceptors (Lipinski definition) is 5. The lowest BCUT2D eigenvalue weighted by molar-refractivity contribution is -0.138. The van der Waals surface area contributed by atoms with Gasteiger partial charge >= 0.3 is 5.97 Å². The zero-order valence-electron chi connectivity index (χ0n) is 11.5. The Bertz CT molecular complexity index is 516. The molecule has 2 rings (SSSR count). The van der Waals surface area contributed by atoms with E-state index < -0.39 is 11.9 Å². The van der Waals surface area contributed by atoms with E-state index in [1.807, 2.05) is 18.2 Å². The first-order valence-corrected chi connectivity index (χ1v) is 6.60. The number of carboxylic acids is 1. The Morgan fingerprint density at radius 2 is 2.10 bits per heavy atom. The molecule has 1 aromatic rings. The fourth-order valence-electron chi connectivity index (χ4n) is 1.86. The number of aliphatic carboxylic acids is 1. The number of nitrogens with one attached hydrogen (secondary N) is 1. The largest absolute Gasteiger partial charge is 0.480 e. The van der Waals surface area contributed by atoms with Gasteiger partial charge < -0.3 is 24.6 Å². The van der Waals surface area contributed by atoms with Crippen molar-refractivity contribution in [3.63, 3.8) is 0 Å². The van der Waals surface area contributed by atoms with Gasteiger partial charge in [-0.3, -0.25) is 9.59 Å². The average molecular weight is 295 g/mol. The van der Waals surface area contributed by atoms with Gasteiger partial charge in [-0.15, -0.1) is 0 Å². The molecule has 1 aliphatic rings. The highest BCUT2D eigenvalue weighted by Gasteiger charge is 2.12. The van der Waals surface area contributed by atoms with Crippen molar-refractivity contribution in [1.29, 1.82) is 0 Å². The van der Waals surface area contributed by atoms with Crippen LogP contribution in [-0.2, 0) is 20.7 Å². The summed E-state index contributed by atoms with van der Waals surface area (Å²) in [6.07, 6.45) is 1.55. The summed E-state index contributed by atoms with van der Waals surface area (Å²) in [6, 6.07) is 5.77. The quantitative estimate of drug-likeness (QED) is 0.681. The molecule has 0 unspecified atom stereocenters. The lowest BCUT2D eigenvalue weighted by atomic mass is 10.1. The third kappa shape index (κ3) is 4.96. The van der Waals surface area contributed by atoms with Crippen molar-refractivity contribution in [3.05, 3.63) is 23.8 Å². The van der Waals surface area contributed by atoms with Gasteiger partial charge in [-0.2, -0.15) is 0 Å². The molecule has 0 saturated heterocycles. The fourth-order valence-corrected chi connectivity index (χ4v) is 1.86. The van der Waals surface area contributed by atoms with E-state index in [4.69, 9.17) is 19.3 Å². The molecule has 0 fully saturated rings. The van der Waals surface area contributed by atoms with Gasteiger partial charge in [0.25, 0.3) is 0 Å². The molecule has 7 heteroatoms. The van der Waals surface area contributed by atoms with E-state index in [-0.39, 0.29) is 19.9 Å². The van der Waals surface area contributed by atoms with Crippen LogP contribution >= 0.6 is 0 Å². The molecule has 0 saturated carbocycles. The molecule has 1 aromatic carbocycles. The molecule has 0 spiro atoms. The predicted octanol–water partition coefficient (Wildman–Crippen LogP) is 0.565. The molecule has 0 aromatic heterocycles. The maximum absolute atomic E-state index is 11.2. The zero-order chi connectivity index (χ0) is 15.1. The third-order valence-corrected chi connectivity index (χ3v) is 2.86. The van der Waals surface area contributed by atoms with Gasteiger partial charge in [0.2, 0.25) is 12.7 Å². The van der Waals surface area contributed by atoms with E-state index in [2.05, 4.69) is 5.32 Å². The van der Waals surface area contributed by atoms with E-state index in [0.29, 0.717) is 6.61 Å². The van der Waals surface area contributed by atoms with Crippen LogP contribution in [0.15, 0.2) is 18.2 Å². The van der Waals surface area contributed by atoms with Crippen LogP contribution in [0, 0.1) is 0 Å². The second-order valence-electron chi connectivity index (χ2n) is 4.51. The predicted molar refractivity (Wildman–Crippen MR) is 72.4 cm³/mol. The summed E-state index contributed by atoms with van der Waals surface area (Å²) in [4.78, 5) is 21.4. The van der Waals surface area contributed by atoms with Crippen molar-refractivity contribution in [2.24, 2.45) is 0 Å². The summed E-state index contributed by atoms with van der Waals surface area (Å²) in [5, 5.41) is 10.6. The van der Waals surface area contributed by atoms with Crippen LogP contribution in [0.3, 0.4) is 0 Å². The summed E-state index contributed by atoms with van der Waals surface area (Å²) in [7, 11) is 0. The molecule has 2 N–H and O–H groups in total. The van der Waals surface area contributed by atoms with Gasteiger partial charge in [0, 0.05) is 6.61 Å². The molecule has 114 valence electrons. The molecule has 0 atom stereocenters. The Labute approximate surface area is 121 Å². The van der Waals surface area contributed by atoms with Crippen LogP contribution in [-0.4, -0.2) is 43.5 Å². The molecule has 0 bridgehead atoms. The topological polar surface area (TPSA) is 94.1 Å². The second kappa shape index (κ2) is 7.49. The van der Waals surface area contributed by atoms with Gasteiger partial charge in [0.05, 0.1) is 0 Å². The van der Waals surface area contributed by atoms with Gasteiger partial charge in [0.1, 0.15) is 13.2 Å². The molecular formula is C14H17NO6. The van der Waals surface area contributed by atoms with Crippen LogP contribution in [0.5, 0.6) is 11.5 Å². The SMILES string of the molecule is O=C(O)CNC(=O)COCCCc1ccc2c(c1)OCO2. The molecule has 1 amide bonds. The fraction of sp³-hybridized carbons (Fsp3) is 0.429. The number of fused-ring (bicyclic) bond motifs is 1. The van der Waals surface area contributed by atoms with Crippen molar-refractivity contribution < 1.29 is 28.9 Å². The zero-order valence-corrected chi connectivity index (χ0v) is 11.5. The number of carbonyl (C=O) groups is 2. The van der Waals surface area contributed by atoms with Crippen LogP contribution in [0.25, 0.3) is 0 Å². The number of amides is 1. The van der Waals surface area contributed by atoms with Crippen molar-refractivity contribution in [3.8, 4) is 11.5 Å². The van der Waals surface area contributed by atoms with Gasteiger partial charge in [-0.05, 0) is 30.5 Å². The minimum Gasteiger partial charge on any atom is -0.480 e. The minimum atomic E-state index is -1.08. The number of aryl methyl sites for hydroxylation is 1. The number of ether oxygens (including phenoxy) is 3. The van der Waals surface area contributed by atoms with E-state index >= 15 is 0 Å². The van der Waals surface area contributed by atoms with E-state index in [0.717, 1.165) is 29.9 Å². The average Bonchev–Trinajstić information content (AvgIpc) is 2.92. The molecule has 0 aliphatic carbocycles. The van der Waals surface area contributed by atoms with Crippen molar-refractivity contribution in [2.75, 3.05) is 26.6 Å². The number of hydrogen-bond donors (Lipinski definition) is 2. The normalized spacial score (nSPS) is 12.2. The van der Waals surface area contributed by atoms with Crippen molar-refractivity contribution >= 4 is 11.9 Å². The lowest BCUT2D eigenvalue weighted by Crippen LogP contribution is -2.32. The number of rotatable bonds is 8. The molecule has 1 aliphatic heterocycles. The van der Waals surface area contributed by atoms with Crippen LogP contribution in [0.1, 0.15) is 12.0 Å². The Morgan fingerprint density at radius 1 is 1.29 bits per heavy atom. The van der Waals surface area contributed by atoms with Gasteiger partial charge in [0.15, 0.2) is 11.5 Å². The standard InChI is InChI=1S/C14H17NO6/c16-13(15-7-14(17)18)8-19-5-1-2-10-3-4-11-12(6-10)21-9-20-11/h3-4,6H,1-2,5,7-9H2,(H,15,16)(H,17,18). The summed E-state index contributed by atoms with van der Waals surface area (Å²) in [5.74, 6) is -0.00166. The Hall–Kier alpha value is -2.28. The first kappa shape index (κ1) is 15.1. The first-order chi connectivity index (χ1) is 10.1. The molecule has 0 radical (unpaired) electrons. The summed E-state index contributed by atoms with van der Waals surface area (Å²) in [6.45, 7) is 0.163. The second-order valence-corrected chi connectivity index (χ2v) is 4.51. The minimum absolute atomic E-state index is 0.131. The van der Waals surface area contributed by atoms with Gasteiger partial charge in [-0.25, -0.2) is 0 Å². The van der Waals surface area contributed by atoms with Crippen molar-refractivity contribution in [2.45, 2.75) is 12.8 Å². The third-order valence-electron chi connectivity index (χ3n) is 2.86. The number of carbonyl (C=O) groups excluding carboxylic acids is 1. The Balaban J connectivity index is 1.59. The molecule has 1 heterocycles. The van der Waals surface area contributed by atoms with Crippen LogP contribution in [0.2, 0.25) is 0 Å². The number of benzene rings is 1. The summed E-state index contributed by atoms with van der Waals surface area (Å²) in [5.41, 5.74) is 1.11. The highest BCUT2D eigenvalue weighted by Crippen LogP contribution is 2.32. The highest BCUT2D eigenvalue weighted by atomic mass is 16.7. The van der Waals surface area contributed by atoms with Gasteiger partial charge in [-0.1, -0.05) is 6.07 Å². The Morgan fingerprint density at radius 3 is 2.90 bits per heavy atom. The van der Waals surface area contributed by atoms with Crippen LogP contribution in [0.4, 0.5) is 0 Å². The molecular weight excluding hydrogens is 278 g/mol. The van der Waals surface area contributed by atoms with E-state index in [9.17, 15) is 9.59 Å². The molecule has 21 heavy (non-hydrogen) atoms. The van der Waals surface area contributed by atoms with E-state index in [1.165, 1.54) is 0 Å². The van der Waals surface area contributed by atoms with Crippen molar-refractivity contribution in [1.82, 2.24) is 5.32 Å². The summed E-state index contributed by atoms with van der Waals surface area (Å²) >= 11 is 0. The maximum atomic E-state index is 11.2. The highest BCUT2D eigenvalue weighted by molar-refractivity contribution is 5.81. The Kier molecular flexibility index (Phi) is 5.39. The lowest BCUT2D eigenvalue weighted by Gasteiger charge is -2.05. The number of carboxylic acid groups (broad SMARTS) is 1. The van der Waals surface area contributed by atoms with E-state index in [1.54, 1.807) is 0 Å². The smallest absolute Gasteiger partial charge is 0.322 e. The first-order valence-electron chi connectivity index (χ1n) is 6.60. The summed E-state index contributed by atoms with van der Waals surface area (Å²) < 4.78 is 15.7.